The molecule has 0 heterocycles. The highest BCUT2D eigenvalue weighted by Crippen LogP contribution is 2.19. The minimum absolute atomic E-state index is 0.00145. The maximum Gasteiger partial charge on any atom is 0.251 e. The topological polar surface area (TPSA) is 75.3 Å². The molecule has 0 radical (unpaired) electrons. The van der Waals surface area contributed by atoms with Gasteiger partial charge < -0.3 is 5.32 Å². The molecule has 0 spiro atoms. The number of carbonyl (C=O) groups excluding carboxylic acids is 1. The average Bonchev–Trinajstić information content (AvgIpc) is 2.55. The van der Waals surface area contributed by atoms with Gasteiger partial charge in [-0.25, -0.2) is 8.42 Å². The third-order valence-corrected chi connectivity index (χ3v) is 5.20. The zero-order valence-corrected chi connectivity index (χ0v) is 14.3. The van der Waals surface area contributed by atoms with Crippen LogP contribution < -0.4 is 10.0 Å². The van der Waals surface area contributed by atoms with Crippen LogP contribution in [0.1, 0.15) is 49.4 Å². The summed E-state index contributed by atoms with van der Waals surface area (Å²) in [7, 11) is -3.34. The van der Waals surface area contributed by atoms with Crippen molar-refractivity contribution in [3.05, 3.63) is 41.5 Å². The Bertz CT molecular complexity index is 681. The molecule has 0 unspecified atom stereocenters. The zero-order valence-electron chi connectivity index (χ0n) is 13.5. The number of amides is 1. The lowest BCUT2D eigenvalue weighted by molar-refractivity contribution is 0.0954. The van der Waals surface area contributed by atoms with Gasteiger partial charge in [0.1, 0.15) is 0 Å². The molecule has 1 aromatic rings. The van der Waals surface area contributed by atoms with Crippen LogP contribution in [0.4, 0.5) is 5.69 Å². The molecule has 0 aliphatic heterocycles. The van der Waals surface area contributed by atoms with Crippen molar-refractivity contribution >= 4 is 21.6 Å². The summed E-state index contributed by atoms with van der Waals surface area (Å²) < 4.78 is 25.6. The first-order chi connectivity index (χ1) is 11.0. The summed E-state index contributed by atoms with van der Waals surface area (Å²) in [5.41, 5.74) is 2.29. The Hall–Kier alpha value is -1.82. The number of anilines is 1. The van der Waals surface area contributed by atoms with Crippen LogP contribution in [-0.2, 0) is 10.0 Å². The van der Waals surface area contributed by atoms with E-state index in [2.05, 4.69) is 16.1 Å². The molecule has 126 valence electrons. The number of rotatable bonds is 7. The Kier molecular flexibility index (Phi) is 6.21. The maximum atomic E-state index is 12.2. The number of benzene rings is 1. The number of sulfonamides is 1. The predicted molar refractivity (Wildman–Crippen MR) is 93.0 cm³/mol. The number of allylic oxidation sites excluding steroid dienone is 1. The van der Waals surface area contributed by atoms with E-state index in [0.29, 0.717) is 17.8 Å². The standard InChI is InChI=1S/C17H24N2O3S/c1-2-23(21,22)19-16-10-6-9-15(13-16)17(20)18-12-11-14-7-4-3-5-8-14/h6-7,9-10,13,19H,2-5,8,11-12H2,1H3,(H,18,20). The van der Waals surface area contributed by atoms with E-state index in [-0.39, 0.29) is 11.7 Å². The fourth-order valence-corrected chi connectivity index (χ4v) is 3.18. The van der Waals surface area contributed by atoms with E-state index < -0.39 is 10.0 Å². The van der Waals surface area contributed by atoms with Gasteiger partial charge in [-0.05, 0) is 57.2 Å². The lowest BCUT2D eigenvalue weighted by atomic mass is 9.97. The molecular formula is C17H24N2O3S. The predicted octanol–water partition coefficient (Wildman–Crippen LogP) is 3.07. The number of nitrogens with one attached hydrogen (secondary N) is 2. The monoisotopic (exact) mass is 336 g/mol. The lowest BCUT2D eigenvalue weighted by Gasteiger charge is -2.13. The van der Waals surface area contributed by atoms with E-state index in [1.165, 1.54) is 18.4 Å². The highest BCUT2D eigenvalue weighted by molar-refractivity contribution is 7.92. The molecule has 1 aromatic carbocycles. The lowest BCUT2D eigenvalue weighted by Crippen LogP contribution is -2.25. The van der Waals surface area contributed by atoms with Crippen molar-refractivity contribution in [3.8, 4) is 0 Å². The van der Waals surface area contributed by atoms with E-state index >= 15 is 0 Å². The second-order valence-corrected chi connectivity index (χ2v) is 7.71. The van der Waals surface area contributed by atoms with Gasteiger partial charge in [0, 0.05) is 17.8 Å². The SMILES string of the molecule is CCS(=O)(=O)Nc1cccc(C(=O)NCCC2=CCCCC2)c1. The largest absolute Gasteiger partial charge is 0.352 e. The third-order valence-electron chi connectivity index (χ3n) is 3.89. The van der Waals surface area contributed by atoms with Crippen molar-refractivity contribution < 1.29 is 13.2 Å². The van der Waals surface area contributed by atoms with Crippen molar-refractivity contribution in [2.45, 2.75) is 39.0 Å². The number of hydrogen-bond donors (Lipinski definition) is 2. The summed E-state index contributed by atoms with van der Waals surface area (Å²) in [6, 6.07) is 6.55. The van der Waals surface area contributed by atoms with E-state index in [1.54, 1.807) is 31.2 Å². The van der Waals surface area contributed by atoms with Gasteiger partial charge in [-0.1, -0.05) is 17.7 Å². The highest BCUT2D eigenvalue weighted by Gasteiger charge is 2.10. The maximum absolute atomic E-state index is 12.2. The van der Waals surface area contributed by atoms with Crippen molar-refractivity contribution in [3.63, 3.8) is 0 Å². The van der Waals surface area contributed by atoms with Gasteiger partial charge in [-0.3, -0.25) is 9.52 Å². The number of carbonyl (C=O) groups is 1. The van der Waals surface area contributed by atoms with Gasteiger partial charge in [0.25, 0.3) is 5.91 Å². The first-order valence-corrected chi connectivity index (χ1v) is 9.72. The molecule has 0 atom stereocenters. The molecule has 1 aliphatic carbocycles. The molecule has 1 aliphatic rings. The van der Waals surface area contributed by atoms with Crippen LogP contribution in [0.25, 0.3) is 0 Å². The highest BCUT2D eigenvalue weighted by atomic mass is 32.2. The minimum Gasteiger partial charge on any atom is -0.352 e. The third kappa shape index (κ3) is 5.71. The molecule has 2 N–H and O–H groups in total. The molecule has 1 amide bonds. The summed E-state index contributed by atoms with van der Waals surface area (Å²) in [4.78, 5) is 12.2. The smallest absolute Gasteiger partial charge is 0.251 e. The van der Waals surface area contributed by atoms with Crippen LogP contribution in [0.5, 0.6) is 0 Å². The summed E-state index contributed by atoms with van der Waals surface area (Å²) in [5, 5.41) is 2.89. The van der Waals surface area contributed by atoms with Crippen LogP contribution >= 0.6 is 0 Å². The molecule has 0 aromatic heterocycles. The van der Waals surface area contributed by atoms with Gasteiger partial charge in [0.2, 0.25) is 10.0 Å². The summed E-state index contributed by atoms with van der Waals surface area (Å²) >= 11 is 0. The molecular weight excluding hydrogens is 312 g/mol. The normalized spacial score (nSPS) is 14.9. The van der Waals surface area contributed by atoms with Crippen LogP contribution in [0.15, 0.2) is 35.9 Å². The Morgan fingerprint density at radius 1 is 1.26 bits per heavy atom. The van der Waals surface area contributed by atoms with E-state index in [4.69, 9.17) is 0 Å². The van der Waals surface area contributed by atoms with E-state index in [9.17, 15) is 13.2 Å². The van der Waals surface area contributed by atoms with Gasteiger partial charge in [0.15, 0.2) is 0 Å². The zero-order chi connectivity index (χ0) is 16.7. The average molecular weight is 336 g/mol. The van der Waals surface area contributed by atoms with Crippen molar-refractivity contribution in [2.24, 2.45) is 0 Å². The molecule has 0 fully saturated rings. The van der Waals surface area contributed by atoms with Crippen molar-refractivity contribution in [2.75, 3.05) is 17.0 Å². The van der Waals surface area contributed by atoms with Gasteiger partial charge in [-0.2, -0.15) is 0 Å². The van der Waals surface area contributed by atoms with Crippen LogP contribution in [0.3, 0.4) is 0 Å². The molecule has 0 saturated carbocycles. The van der Waals surface area contributed by atoms with Crippen molar-refractivity contribution in [1.29, 1.82) is 0 Å². The molecule has 0 bridgehead atoms. The molecule has 23 heavy (non-hydrogen) atoms. The first kappa shape index (κ1) is 17.5. The van der Waals surface area contributed by atoms with Gasteiger partial charge >= 0.3 is 0 Å². The molecule has 5 nitrogen and oxygen atoms in total. The Morgan fingerprint density at radius 2 is 2.09 bits per heavy atom. The number of hydrogen-bond acceptors (Lipinski definition) is 3. The molecule has 6 heteroatoms. The Labute approximate surface area is 138 Å². The first-order valence-electron chi connectivity index (χ1n) is 8.07. The van der Waals surface area contributed by atoms with Crippen molar-refractivity contribution in [1.82, 2.24) is 5.32 Å². The molecule has 2 rings (SSSR count). The summed E-state index contributed by atoms with van der Waals surface area (Å²) in [6.45, 7) is 2.18. The van der Waals surface area contributed by atoms with Gasteiger partial charge in [-0.15, -0.1) is 0 Å². The Balaban J connectivity index is 1.90. The van der Waals surface area contributed by atoms with Crippen LogP contribution in [0.2, 0.25) is 0 Å². The Morgan fingerprint density at radius 3 is 2.78 bits per heavy atom. The van der Waals surface area contributed by atoms with Crippen LogP contribution in [0, 0.1) is 0 Å². The fourth-order valence-electron chi connectivity index (χ4n) is 2.55. The summed E-state index contributed by atoms with van der Waals surface area (Å²) in [6.07, 6.45) is 7.92. The van der Waals surface area contributed by atoms with Crippen LogP contribution in [-0.4, -0.2) is 26.6 Å². The van der Waals surface area contributed by atoms with E-state index in [1.807, 2.05) is 0 Å². The second-order valence-electron chi connectivity index (χ2n) is 5.70. The second kappa shape index (κ2) is 8.15. The summed E-state index contributed by atoms with van der Waals surface area (Å²) in [5.74, 6) is -0.183. The molecule has 0 saturated heterocycles. The quantitative estimate of drug-likeness (QED) is 0.751. The van der Waals surface area contributed by atoms with E-state index in [0.717, 1.165) is 19.3 Å². The fraction of sp³-hybridized carbons (Fsp3) is 0.471. The minimum atomic E-state index is -3.34. The van der Waals surface area contributed by atoms with Gasteiger partial charge in [0.05, 0.1) is 5.75 Å².